The van der Waals surface area contributed by atoms with Crippen molar-refractivity contribution in [3.8, 4) is 0 Å². The van der Waals surface area contributed by atoms with Crippen molar-refractivity contribution in [3.05, 3.63) is 82.9 Å². The largest absolute Gasteiger partial charge is 0.352 e. The first kappa shape index (κ1) is 19.0. The van der Waals surface area contributed by atoms with Gasteiger partial charge in [0.25, 0.3) is 0 Å². The molecule has 1 saturated carbocycles. The first-order valence-corrected chi connectivity index (χ1v) is 10.3. The molecule has 0 bridgehead atoms. The van der Waals surface area contributed by atoms with Gasteiger partial charge in [-0.25, -0.2) is 0 Å². The van der Waals surface area contributed by atoms with E-state index in [1.165, 1.54) is 29.2 Å². The first-order valence-electron chi connectivity index (χ1n) is 9.91. The summed E-state index contributed by atoms with van der Waals surface area (Å²) in [5.41, 5.74) is 2.40. The van der Waals surface area contributed by atoms with Gasteiger partial charge in [0.05, 0.1) is 0 Å². The third kappa shape index (κ3) is 4.92. The molecule has 3 aromatic rings. The van der Waals surface area contributed by atoms with Gasteiger partial charge in [-0.2, -0.15) is 0 Å². The van der Waals surface area contributed by atoms with Crippen LogP contribution in [-0.2, 0) is 17.9 Å². The minimum Gasteiger partial charge on any atom is -0.352 e. The molecule has 0 unspecified atom stereocenters. The summed E-state index contributed by atoms with van der Waals surface area (Å²) in [4.78, 5) is 14.8. The molecule has 1 N–H and O–H groups in total. The van der Waals surface area contributed by atoms with Crippen LogP contribution >= 0.6 is 11.6 Å². The highest BCUT2D eigenvalue weighted by Crippen LogP contribution is 2.30. The number of halogens is 1. The number of nitrogens with one attached hydrogen (secondary N) is 1. The van der Waals surface area contributed by atoms with Crippen molar-refractivity contribution in [2.24, 2.45) is 0 Å². The SMILES string of the molecule is O=C(CCN(Cc1cccc2ccccc12)C1CC1)NCc1ccc(Cl)cc1. The number of carbonyl (C=O) groups is 1. The van der Waals surface area contributed by atoms with E-state index >= 15 is 0 Å². The highest BCUT2D eigenvalue weighted by Gasteiger charge is 2.29. The fourth-order valence-corrected chi connectivity index (χ4v) is 3.74. The van der Waals surface area contributed by atoms with Gasteiger partial charge in [0.1, 0.15) is 0 Å². The molecule has 28 heavy (non-hydrogen) atoms. The zero-order chi connectivity index (χ0) is 19.3. The fourth-order valence-electron chi connectivity index (χ4n) is 3.62. The molecule has 144 valence electrons. The van der Waals surface area contributed by atoms with Crippen LogP contribution in [0.5, 0.6) is 0 Å². The van der Waals surface area contributed by atoms with Gasteiger partial charge in [0, 0.05) is 37.1 Å². The molecule has 4 rings (SSSR count). The van der Waals surface area contributed by atoms with Crippen LogP contribution in [0.4, 0.5) is 0 Å². The van der Waals surface area contributed by atoms with E-state index in [2.05, 4.69) is 52.7 Å². The average Bonchev–Trinajstić information content (AvgIpc) is 3.56. The van der Waals surface area contributed by atoms with Gasteiger partial charge in [-0.15, -0.1) is 0 Å². The van der Waals surface area contributed by atoms with Gasteiger partial charge in [-0.1, -0.05) is 66.2 Å². The zero-order valence-corrected chi connectivity index (χ0v) is 16.7. The van der Waals surface area contributed by atoms with Crippen molar-refractivity contribution in [1.29, 1.82) is 0 Å². The van der Waals surface area contributed by atoms with E-state index in [9.17, 15) is 4.79 Å². The molecular formula is C24H25ClN2O. The number of fused-ring (bicyclic) bond motifs is 1. The number of rotatable bonds is 8. The van der Waals surface area contributed by atoms with E-state index in [1.807, 2.05) is 24.3 Å². The van der Waals surface area contributed by atoms with Gasteiger partial charge < -0.3 is 5.32 Å². The maximum Gasteiger partial charge on any atom is 0.221 e. The highest BCUT2D eigenvalue weighted by molar-refractivity contribution is 6.30. The molecule has 1 aliphatic carbocycles. The number of hydrogen-bond acceptors (Lipinski definition) is 2. The second kappa shape index (κ2) is 8.76. The third-order valence-electron chi connectivity index (χ3n) is 5.35. The average molecular weight is 393 g/mol. The van der Waals surface area contributed by atoms with E-state index < -0.39 is 0 Å². The van der Waals surface area contributed by atoms with Gasteiger partial charge in [-0.05, 0) is 46.9 Å². The Morgan fingerprint density at radius 3 is 2.54 bits per heavy atom. The number of hydrogen-bond donors (Lipinski definition) is 1. The van der Waals surface area contributed by atoms with E-state index in [0.717, 1.165) is 18.7 Å². The maximum atomic E-state index is 12.3. The molecule has 0 atom stereocenters. The molecule has 0 radical (unpaired) electrons. The summed E-state index contributed by atoms with van der Waals surface area (Å²) in [7, 11) is 0. The van der Waals surface area contributed by atoms with Gasteiger partial charge >= 0.3 is 0 Å². The summed E-state index contributed by atoms with van der Waals surface area (Å²) in [6.45, 7) is 2.24. The first-order chi connectivity index (χ1) is 13.7. The van der Waals surface area contributed by atoms with Crippen LogP contribution in [0, 0.1) is 0 Å². The molecule has 0 spiro atoms. The molecule has 1 amide bonds. The Bertz CT molecular complexity index is 945. The molecule has 1 fully saturated rings. The van der Waals surface area contributed by atoms with Crippen LogP contribution in [0.25, 0.3) is 10.8 Å². The van der Waals surface area contributed by atoms with Crippen molar-refractivity contribution < 1.29 is 4.79 Å². The molecule has 0 aromatic heterocycles. The maximum absolute atomic E-state index is 12.3. The fraction of sp³-hybridized carbons (Fsp3) is 0.292. The summed E-state index contributed by atoms with van der Waals surface area (Å²) < 4.78 is 0. The minimum atomic E-state index is 0.0959. The predicted octanol–water partition coefficient (Wildman–Crippen LogP) is 5.16. The van der Waals surface area contributed by atoms with E-state index in [-0.39, 0.29) is 5.91 Å². The predicted molar refractivity (Wildman–Crippen MR) is 115 cm³/mol. The Hall–Kier alpha value is -2.36. The second-order valence-electron chi connectivity index (χ2n) is 7.49. The van der Waals surface area contributed by atoms with Crippen LogP contribution in [0.2, 0.25) is 5.02 Å². The zero-order valence-electron chi connectivity index (χ0n) is 15.9. The van der Waals surface area contributed by atoms with Crippen LogP contribution in [0.15, 0.2) is 66.7 Å². The van der Waals surface area contributed by atoms with Gasteiger partial charge in [0.15, 0.2) is 0 Å². The number of carbonyl (C=O) groups excluding carboxylic acids is 1. The van der Waals surface area contributed by atoms with Gasteiger partial charge in [0.2, 0.25) is 5.91 Å². The normalized spacial score (nSPS) is 13.8. The summed E-state index contributed by atoms with van der Waals surface area (Å²) in [6.07, 6.45) is 2.99. The topological polar surface area (TPSA) is 32.3 Å². The quantitative estimate of drug-likeness (QED) is 0.574. The lowest BCUT2D eigenvalue weighted by Crippen LogP contribution is -2.32. The molecule has 4 heteroatoms. The molecule has 3 nitrogen and oxygen atoms in total. The van der Waals surface area contributed by atoms with Crippen LogP contribution in [0.3, 0.4) is 0 Å². The van der Waals surface area contributed by atoms with Crippen molar-refractivity contribution in [2.45, 2.75) is 38.4 Å². The van der Waals surface area contributed by atoms with E-state index in [1.54, 1.807) is 0 Å². The van der Waals surface area contributed by atoms with Crippen molar-refractivity contribution >= 4 is 28.3 Å². The Morgan fingerprint density at radius 2 is 1.75 bits per heavy atom. The van der Waals surface area contributed by atoms with Crippen molar-refractivity contribution in [3.63, 3.8) is 0 Å². The minimum absolute atomic E-state index is 0.0959. The van der Waals surface area contributed by atoms with Crippen molar-refractivity contribution in [2.75, 3.05) is 6.54 Å². The van der Waals surface area contributed by atoms with E-state index in [4.69, 9.17) is 11.6 Å². The van der Waals surface area contributed by atoms with Crippen LogP contribution in [-0.4, -0.2) is 23.4 Å². The summed E-state index contributed by atoms with van der Waals surface area (Å²) in [5.74, 6) is 0.0959. The number of benzene rings is 3. The van der Waals surface area contributed by atoms with Gasteiger partial charge in [-0.3, -0.25) is 9.69 Å². The highest BCUT2D eigenvalue weighted by atomic mass is 35.5. The summed E-state index contributed by atoms with van der Waals surface area (Å²) in [6, 6.07) is 23.2. The molecule has 0 saturated heterocycles. The van der Waals surface area contributed by atoms with Crippen LogP contribution in [0.1, 0.15) is 30.4 Å². The van der Waals surface area contributed by atoms with E-state index in [0.29, 0.717) is 24.0 Å². The molecule has 0 heterocycles. The standard InChI is InChI=1S/C24H25ClN2O/c25-21-10-8-18(9-11-21)16-26-24(28)14-15-27(22-12-13-22)17-20-6-3-5-19-4-1-2-7-23(19)20/h1-11,22H,12-17H2,(H,26,28). The third-order valence-corrected chi connectivity index (χ3v) is 5.60. The lowest BCUT2D eigenvalue weighted by Gasteiger charge is -2.22. The molecule has 3 aromatic carbocycles. The Morgan fingerprint density at radius 1 is 1.00 bits per heavy atom. The smallest absolute Gasteiger partial charge is 0.221 e. The summed E-state index contributed by atoms with van der Waals surface area (Å²) in [5, 5.41) is 6.31. The Labute approximate surface area is 171 Å². The Balaban J connectivity index is 1.34. The monoisotopic (exact) mass is 392 g/mol. The number of amides is 1. The molecular weight excluding hydrogens is 368 g/mol. The van der Waals surface area contributed by atoms with Crippen LogP contribution < -0.4 is 5.32 Å². The molecule has 1 aliphatic rings. The second-order valence-corrected chi connectivity index (χ2v) is 7.93. The number of nitrogens with zero attached hydrogens (tertiary/aromatic N) is 1. The summed E-state index contributed by atoms with van der Waals surface area (Å²) >= 11 is 5.90. The molecule has 0 aliphatic heterocycles. The Kier molecular flexibility index (Phi) is 5.94. The lowest BCUT2D eigenvalue weighted by atomic mass is 10.0. The lowest BCUT2D eigenvalue weighted by molar-refractivity contribution is -0.121. The van der Waals surface area contributed by atoms with Crippen molar-refractivity contribution in [1.82, 2.24) is 10.2 Å².